The highest BCUT2D eigenvalue weighted by Crippen LogP contribution is 2.48. The van der Waals surface area contributed by atoms with Gasteiger partial charge in [-0.15, -0.1) is 0 Å². The summed E-state index contributed by atoms with van der Waals surface area (Å²) in [7, 11) is 1.43. The van der Waals surface area contributed by atoms with Gasteiger partial charge in [-0.25, -0.2) is 0 Å². The van der Waals surface area contributed by atoms with Gasteiger partial charge in [0.15, 0.2) is 11.5 Å². The van der Waals surface area contributed by atoms with Gasteiger partial charge < -0.3 is 50.2 Å². The number of methoxy groups -OCH3 is 1. The van der Waals surface area contributed by atoms with Crippen LogP contribution in [0.4, 0.5) is 0 Å². The first-order valence-corrected chi connectivity index (χ1v) is 17.4. The number of nitrogens with one attached hydrogen (secondary N) is 1. The average molecular weight is 752 g/mol. The molecule has 1 aliphatic carbocycles. The second-order valence-electron chi connectivity index (χ2n) is 13.8. The zero-order valence-electron chi connectivity index (χ0n) is 31.6. The molecular formula is C39H49N3O12. The number of nitrogens with zero attached hydrogens (tertiary/aromatic N) is 1. The highest BCUT2D eigenvalue weighted by molar-refractivity contribution is 6.31. The molecule has 9 atom stereocenters. The van der Waals surface area contributed by atoms with E-state index in [0.29, 0.717) is 0 Å². The number of amides is 1. The van der Waals surface area contributed by atoms with Crippen LogP contribution in [-0.2, 0) is 28.6 Å². The van der Waals surface area contributed by atoms with Crippen molar-refractivity contribution in [2.45, 2.75) is 84.7 Å². The Bertz CT molecular complexity index is 1850. The summed E-state index contributed by atoms with van der Waals surface area (Å²) in [5.74, 6) is -7.28. The van der Waals surface area contributed by atoms with Crippen LogP contribution in [0.1, 0.15) is 73.4 Å². The summed E-state index contributed by atoms with van der Waals surface area (Å²) in [4.78, 5) is 58.6. The number of esters is 1. The first-order chi connectivity index (χ1) is 25.4. The van der Waals surface area contributed by atoms with E-state index < -0.39 is 83.2 Å². The Hall–Kier alpha value is -5.09. The van der Waals surface area contributed by atoms with Crippen LogP contribution in [0.25, 0.3) is 0 Å². The molecule has 0 aromatic heterocycles. The van der Waals surface area contributed by atoms with Crippen LogP contribution in [0.15, 0.2) is 65.7 Å². The number of rotatable bonds is 5. The van der Waals surface area contributed by atoms with Gasteiger partial charge in [0.05, 0.1) is 53.0 Å². The molecule has 1 aromatic rings. The fourth-order valence-corrected chi connectivity index (χ4v) is 6.66. The van der Waals surface area contributed by atoms with Crippen LogP contribution in [0.5, 0.6) is 11.5 Å². The van der Waals surface area contributed by atoms with Crippen LogP contribution in [0.2, 0.25) is 0 Å². The molecule has 4 aliphatic rings. The van der Waals surface area contributed by atoms with Crippen molar-refractivity contribution in [1.29, 1.82) is 0 Å². The molecule has 15 nitrogen and oxygen atoms in total. The summed E-state index contributed by atoms with van der Waals surface area (Å²) in [6.45, 7) is 14.3. The number of hydrogen-bond acceptors (Lipinski definition) is 14. The van der Waals surface area contributed by atoms with Crippen molar-refractivity contribution >= 4 is 29.2 Å². The Morgan fingerprint density at radius 1 is 1.09 bits per heavy atom. The van der Waals surface area contributed by atoms with Gasteiger partial charge in [0, 0.05) is 55.9 Å². The molecule has 0 fully saturated rings. The average Bonchev–Trinajstić information content (AvgIpc) is 3.42. The maximum absolute atomic E-state index is 13.9. The maximum atomic E-state index is 13.9. The monoisotopic (exact) mass is 751 g/mol. The highest BCUT2D eigenvalue weighted by Gasteiger charge is 2.51. The number of phenolic OH excluding ortho intramolecular Hbond substituents is 1. The topological polar surface area (TPSA) is 226 Å². The molecule has 0 saturated heterocycles. The predicted octanol–water partition coefficient (Wildman–Crippen LogP) is 3.05. The lowest BCUT2D eigenvalue weighted by Gasteiger charge is -2.37. The fraction of sp³-hybridized carbons (Fsp3) is 0.462. The highest BCUT2D eigenvalue weighted by atomic mass is 16.7. The van der Waals surface area contributed by atoms with Crippen molar-refractivity contribution in [3.8, 4) is 11.5 Å². The number of phenols is 1. The van der Waals surface area contributed by atoms with Gasteiger partial charge in [-0.05, 0) is 19.9 Å². The Morgan fingerprint density at radius 2 is 1.78 bits per heavy atom. The number of aliphatic hydroxyl groups excluding tert-OH is 2. The number of ether oxygens (including phenoxy) is 4. The van der Waals surface area contributed by atoms with Gasteiger partial charge in [-0.2, -0.15) is 0 Å². The van der Waals surface area contributed by atoms with Crippen LogP contribution < -0.4 is 15.8 Å². The maximum Gasteiger partial charge on any atom is 0.302 e. The molecule has 1 aromatic carbocycles. The smallest absolute Gasteiger partial charge is 0.302 e. The lowest BCUT2D eigenvalue weighted by Crippen LogP contribution is -2.53. The van der Waals surface area contributed by atoms with E-state index in [9.17, 15) is 34.5 Å². The van der Waals surface area contributed by atoms with Crippen molar-refractivity contribution in [3.63, 3.8) is 0 Å². The Balaban J connectivity index is 1.90. The zero-order chi connectivity index (χ0) is 40.2. The molecule has 6 N–H and O–H groups in total. The van der Waals surface area contributed by atoms with Gasteiger partial charge in [0.2, 0.25) is 5.78 Å². The van der Waals surface area contributed by atoms with Crippen molar-refractivity contribution in [2.24, 2.45) is 28.6 Å². The molecule has 1 amide bonds. The van der Waals surface area contributed by atoms with E-state index in [0.717, 1.165) is 6.08 Å². The molecule has 3 heterocycles. The Kier molecular flexibility index (Phi) is 13.1. The summed E-state index contributed by atoms with van der Waals surface area (Å²) in [5, 5.41) is 40.5. The van der Waals surface area contributed by atoms with E-state index in [-0.39, 0.29) is 51.6 Å². The Labute approximate surface area is 313 Å². The van der Waals surface area contributed by atoms with Gasteiger partial charge in [0.25, 0.3) is 11.7 Å². The quantitative estimate of drug-likeness (QED) is 0.126. The second kappa shape index (κ2) is 16.9. The van der Waals surface area contributed by atoms with E-state index in [4.69, 9.17) is 29.5 Å². The normalized spacial score (nSPS) is 33.4. The number of fused-ring (bicyclic) bond motifs is 14. The number of aliphatic hydroxyl groups is 2. The van der Waals surface area contributed by atoms with Gasteiger partial charge in [0.1, 0.15) is 24.2 Å². The van der Waals surface area contributed by atoms with Crippen LogP contribution in [0.3, 0.4) is 0 Å². The third kappa shape index (κ3) is 8.18. The van der Waals surface area contributed by atoms with Crippen molar-refractivity contribution < 1.29 is 58.3 Å². The summed E-state index contributed by atoms with van der Waals surface area (Å²) in [5.41, 5.74) is 5.60. The molecule has 292 valence electrons. The first-order valence-electron chi connectivity index (χ1n) is 17.4. The van der Waals surface area contributed by atoms with Gasteiger partial charge in [-0.1, -0.05) is 56.8 Å². The molecule has 0 saturated carbocycles. The molecular weight excluding hydrogens is 702 g/mol. The molecule has 3 aliphatic heterocycles. The number of allylic oxidation sites excluding steroid dienone is 4. The van der Waals surface area contributed by atoms with E-state index in [1.54, 1.807) is 26.8 Å². The number of carbonyl (C=O) groups excluding carboxylic acids is 4. The number of Topliss-reactive ketones (excluding diaryl/α,β-unsaturated/α-hetero) is 1. The standard InChI is InChI=1S/C39H49N3O12/c1-10-15-52-42-37-29-27-25(44)17-24-34(48)28(27)32(46)21(5)36(29)54-39(37,8)51-16-14-26(50-9)20(4)35(53-23(7)43)22(6)33(47)30(40)31(45)18(2)12-11-13-19(3)38(49)41-24/h10-14,16-18,20,22,26,30-31,33,35,45-47H,1,15,40H2,2-9H3,(H,41,49)/b12-11+,16-14+,19-13-,42-37-/t18-,20+,22+,26-,30+,31-,33-,35+,39-/m0/s1. The fourth-order valence-electron chi connectivity index (χ4n) is 6.66. The minimum Gasteiger partial charge on any atom is -0.507 e. The zero-order valence-corrected chi connectivity index (χ0v) is 31.6. The molecule has 5 bridgehead atoms. The molecule has 54 heavy (non-hydrogen) atoms. The third-order valence-corrected chi connectivity index (χ3v) is 9.89. The number of nitrogens with two attached hydrogens (primary N) is 1. The molecule has 0 radical (unpaired) electrons. The summed E-state index contributed by atoms with van der Waals surface area (Å²) >= 11 is 0. The number of carbonyl (C=O) groups is 4. The molecule has 0 unspecified atom stereocenters. The van der Waals surface area contributed by atoms with Gasteiger partial charge in [-0.3, -0.25) is 19.2 Å². The van der Waals surface area contributed by atoms with E-state index in [1.807, 2.05) is 0 Å². The largest absolute Gasteiger partial charge is 0.507 e. The number of ketones is 2. The van der Waals surface area contributed by atoms with E-state index in [2.05, 4.69) is 17.1 Å². The van der Waals surface area contributed by atoms with E-state index in [1.165, 1.54) is 65.4 Å². The number of aromatic hydroxyl groups is 1. The number of benzene rings is 1. The van der Waals surface area contributed by atoms with Crippen molar-refractivity contribution in [3.05, 3.63) is 82.8 Å². The second-order valence-corrected chi connectivity index (χ2v) is 13.8. The van der Waals surface area contributed by atoms with Crippen molar-refractivity contribution in [1.82, 2.24) is 5.32 Å². The van der Waals surface area contributed by atoms with Crippen LogP contribution >= 0.6 is 0 Å². The summed E-state index contributed by atoms with van der Waals surface area (Å²) in [6, 6.07) is -1.18. The number of hydrogen-bond donors (Lipinski definition) is 5. The summed E-state index contributed by atoms with van der Waals surface area (Å²) < 4.78 is 23.8. The lowest BCUT2D eigenvalue weighted by atomic mass is 9.81. The molecule has 5 rings (SSSR count). The van der Waals surface area contributed by atoms with Crippen LogP contribution in [-0.4, -0.2) is 94.4 Å². The minimum absolute atomic E-state index is 0.00312. The van der Waals surface area contributed by atoms with Crippen molar-refractivity contribution in [2.75, 3.05) is 13.7 Å². The Morgan fingerprint density at radius 3 is 2.41 bits per heavy atom. The van der Waals surface area contributed by atoms with Crippen LogP contribution in [0, 0.1) is 24.7 Å². The number of oxime groups is 1. The predicted molar refractivity (Wildman–Crippen MR) is 196 cm³/mol. The lowest BCUT2D eigenvalue weighted by molar-refractivity contribution is -0.159. The summed E-state index contributed by atoms with van der Waals surface area (Å²) in [6.07, 6.45) is 5.31. The molecule has 15 heteroatoms. The van der Waals surface area contributed by atoms with Gasteiger partial charge >= 0.3 is 5.97 Å². The van der Waals surface area contributed by atoms with E-state index >= 15 is 0 Å². The SMILES string of the molecule is C=CCO/N=C1/c2c3c(C)c(O)c4c2C(=O)C=C(NC(=O)/C(C)=C\C=C\[C@H](C)[C@H](O)[C@@H](N)[C@@H](O)[C@@H](C)[C@H](OC(C)=O)[C@H](C)[C@@H](OC)/C=C/O[C@@]1(C)O3)C4=O. The molecule has 0 spiro atoms. The first kappa shape index (κ1) is 41.7. The minimum atomic E-state index is -1.81. The third-order valence-electron chi connectivity index (χ3n) is 9.89.